The van der Waals surface area contributed by atoms with Crippen molar-refractivity contribution in [2.45, 2.75) is 53.4 Å². The third-order valence-corrected chi connectivity index (χ3v) is 9.00. The zero-order chi connectivity index (χ0) is 33.0. The summed E-state index contributed by atoms with van der Waals surface area (Å²) in [5, 5.41) is 0.355. The van der Waals surface area contributed by atoms with Crippen molar-refractivity contribution in [3.05, 3.63) is 117 Å². The van der Waals surface area contributed by atoms with E-state index in [0.29, 0.717) is 61.6 Å². The summed E-state index contributed by atoms with van der Waals surface area (Å²) >= 11 is 10.2. The molecule has 1 atom stereocenters. The molecule has 0 unspecified atom stereocenters. The molecule has 0 radical (unpaired) electrons. The summed E-state index contributed by atoms with van der Waals surface area (Å²) in [6.45, 7) is 10.1. The molecule has 4 aromatic rings. The minimum Gasteiger partial charge on any atom is -0.491 e. The van der Waals surface area contributed by atoms with Crippen LogP contribution in [0.15, 0.2) is 81.7 Å². The number of hydrogen-bond acceptors (Lipinski definition) is 8. The second-order valence-electron chi connectivity index (χ2n) is 10.7. The van der Waals surface area contributed by atoms with E-state index in [0.717, 1.165) is 9.13 Å². The summed E-state index contributed by atoms with van der Waals surface area (Å²) in [6.07, 6.45) is 1.62. The number of thiazole rings is 1. The van der Waals surface area contributed by atoms with Gasteiger partial charge in [-0.25, -0.2) is 9.79 Å². The van der Waals surface area contributed by atoms with Crippen LogP contribution in [0.1, 0.15) is 57.4 Å². The Morgan fingerprint density at radius 2 is 1.80 bits per heavy atom. The highest BCUT2D eigenvalue weighted by atomic mass is 127. The highest BCUT2D eigenvalue weighted by molar-refractivity contribution is 14.1. The number of esters is 1. The Morgan fingerprint density at radius 1 is 1.07 bits per heavy atom. The molecule has 0 fully saturated rings. The lowest BCUT2D eigenvalue weighted by Crippen LogP contribution is -2.40. The molecule has 240 valence electrons. The molecule has 0 saturated heterocycles. The van der Waals surface area contributed by atoms with Crippen molar-refractivity contribution in [2.75, 3.05) is 13.2 Å². The summed E-state index contributed by atoms with van der Waals surface area (Å²) in [7, 11) is 0. The number of para-hydroxylation sites is 1. The maximum absolute atomic E-state index is 14.2. The van der Waals surface area contributed by atoms with Gasteiger partial charge in [0, 0.05) is 9.13 Å². The van der Waals surface area contributed by atoms with E-state index in [2.05, 4.69) is 27.6 Å². The van der Waals surface area contributed by atoms with Gasteiger partial charge in [-0.3, -0.25) is 9.36 Å². The number of carbonyl (C=O) groups is 1. The average molecular weight is 773 g/mol. The average Bonchev–Trinajstić information content (AvgIpc) is 3.31. The molecule has 0 saturated carbocycles. The van der Waals surface area contributed by atoms with Gasteiger partial charge in [-0.1, -0.05) is 53.3 Å². The second-order valence-corrected chi connectivity index (χ2v) is 13.3. The van der Waals surface area contributed by atoms with Crippen LogP contribution in [0.25, 0.3) is 6.08 Å². The molecule has 0 amide bonds. The number of carbonyl (C=O) groups excluding carboxylic acids is 1. The van der Waals surface area contributed by atoms with E-state index < -0.39 is 12.0 Å². The Kier molecular flexibility index (Phi) is 10.9. The van der Waals surface area contributed by atoms with Gasteiger partial charge in [-0.2, -0.15) is 0 Å². The SMILES string of the molecule is CCOC(=O)C1=C(C)N=c2s/c(=C/c3cc(Cl)c(OCc4ccc(I)cc4)c(OCC)c3)c(=O)n2[C@@H]1c1ccccc1OC(C)C. The van der Waals surface area contributed by atoms with Gasteiger partial charge >= 0.3 is 5.97 Å². The van der Waals surface area contributed by atoms with Crippen LogP contribution in [-0.2, 0) is 16.1 Å². The number of hydrogen-bond donors (Lipinski definition) is 0. The molecule has 1 aliphatic heterocycles. The monoisotopic (exact) mass is 772 g/mol. The summed E-state index contributed by atoms with van der Waals surface area (Å²) in [5.74, 6) is 0.939. The maximum atomic E-state index is 14.2. The lowest BCUT2D eigenvalue weighted by Gasteiger charge is -2.26. The summed E-state index contributed by atoms with van der Waals surface area (Å²) in [5.41, 5.74) is 2.77. The Balaban J connectivity index is 1.61. The van der Waals surface area contributed by atoms with Crippen molar-refractivity contribution in [1.29, 1.82) is 0 Å². The van der Waals surface area contributed by atoms with Crippen molar-refractivity contribution in [3.63, 3.8) is 0 Å². The van der Waals surface area contributed by atoms with Crippen LogP contribution in [-0.4, -0.2) is 29.9 Å². The van der Waals surface area contributed by atoms with Crippen molar-refractivity contribution in [3.8, 4) is 17.2 Å². The molecule has 1 aliphatic rings. The van der Waals surface area contributed by atoms with Crippen LogP contribution in [0.4, 0.5) is 0 Å². The number of aromatic nitrogens is 1. The number of rotatable bonds is 11. The summed E-state index contributed by atoms with van der Waals surface area (Å²) < 4.78 is 26.7. The number of benzene rings is 3. The normalized spacial score (nSPS) is 14.6. The molecule has 2 heterocycles. The van der Waals surface area contributed by atoms with E-state index in [1.807, 2.05) is 69.3 Å². The Hall–Kier alpha value is -3.61. The molecular formula is C35H34ClIN2O6S. The van der Waals surface area contributed by atoms with Crippen molar-refractivity contribution < 1.29 is 23.7 Å². The fourth-order valence-electron chi connectivity index (χ4n) is 5.12. The summed E-state index contributed by atoms with van der Waals surface area (Å²) in [4.78, 5) is 32.7. The topological polar surface area (TPSA) is 88.4 Å². The first-order chi connectivity index (χ1) is 22.1. The molecule has 0 spiro atoms. The quantitative estimate of drug-likeness (QED) is 0.123. The lowest BCUT2D eigenvalue weighted by molar-refractivity contribution is -0.139. The number of ether oxygens (including phenoxy) is 4. The molecular weight excluding hydrogens is 739 g/mol. The van der Waals surface area contributed by atoms with Gasteiger partial charge in [0.15, 0.2) is 16.3 Å². The number of allylic oxidation sites excluding steroid dienone is 1. The van der Waals surface area contributed by atoms with Gasteiger partial charge in [-0.15, -0.1) is 0 Å². The van der Waals surface area contributed by atoms with Gasteiger partial charge in [0.05, 0.1) is 40.1 Å². The van der Waals surface area contributed by atoms with Crippen LogP contribution in [0, 0.1) is 3.57 Å². The third kappa shape index (κ3) is 7.34. The van der Waals surface area contributed by atoms with E-state index >= 15 is 0 Å². The predicted molar refractivity (Wildman–Crippen MR) is 189 cm³/mol. The van der Waals surface area contributed by atoms with Crippen LogP contribution >= 0.6 is 45.5 Å². The fourth-order valence-corrected chi connectivity index (χ4v) is 6.80. The lowest BCUT2D eigenvalue weighted by atomic mass is 9.95. The fraction of sp³-hybridized carbons (Fsp3) is 0.286. The number of fused-ring (bicyclic) bond motifs is 1. The van der Waals surface area contributed by atoms with Crippen LogP contribution in [0.3, 0.4) is 0 Å². The van der Waals surface area contributed by atoms with Gasteiger partial charge in [0.25, 0.3) is 5.56 Å². The molecule has 0 bridgehead atoms. The van der Waals surface area contributed by atoms with Gasteiger partial charge in [0.1, 0.15) is 18.4 Å². The van der Waals surface area contributed by atoms with Crippen LogP contribution in [0.2, 0.25) is 5.02 Å². The molecule has 5 rings (SSSR count). The third-order valence-electron chi connectivity index (χ3n) is 7.02. The van der Waals surface area contributed by atoms with Crippen molar-refractivity contribution in [2.24, 2.45) is 4.99 Å². The van der Waals surface area contributed by atoms with Gasteiger partial charge in [0.2, 0.25) is 0 Å². The Labute approximate surface area is 290 Å². The van der Waals surface area contributed by atoms with E-state index in [9.17, 15) is 9.59 Å². The molecule has 8 nitrogen and oxygen atoms in total. The first-order valence-electron chi connectivity index (χ1n) is 14.9. The molecule has 0 aliphatic carbocycles. The minimum atomic E-state index is -0.799. The molecule has 1 aromatic heterocycles. The molecule has 3 aromatic carbocycles. The zero-order valence-corrected chi connectivity index (χ0v) is 29.9. The van der Waals surface area contributed by atoms with Crippen molar-refractivity contribution >= 4 is 57.6 Å². The molecule has 46 heavy (non-hydrogen) atoms. The molecule has 11 heteroatoms. The van der Waals surface area contributed by atoms with Crippen LogP contribution in [0.5, 0.6) is 17.2 Å². The van der Waals surface area contributed by atoms with Crippen molar-refractivity contribution in [1.82, 2.24) is 4.57 Å². The minimum absolute atomic E-state index is 0.124. The van der Waals surface area contributed by atoms with E-state index in [-0.39, 0.29) is 23.8 Å². The largest absolute Gasteiger partial charge is 0.491 e. The number of halogens is 2. The Bertz CT molecular complexity index is 1970. The van der Waals surface area contributed by atoms with E-state index in [1.54, 1.807) is 36.6 Å². The standard InChI is InChI=1S/C35H34ClIN2O6S/c1-6-42-28-17-23(16-26(36)32(28)44-19-22-12-14-24(37)15-13-22)18-29-33(40)39-31(25-10-8-9-11-27(25)45-20(3)4)30(34(41)43-7-2)21(5)38-35(39)46-29/h8-18,20,31H,6-7,19H2,1-5H3/b29-18+/t31-/m1/s1. The smallest absolute Gasteiger partial charge is 0.338 e. The first kappa shape index (κ1) is 33.7. The second kappa shape index (κ2) is 14.9. The molecule has 0 N–H and O–H groups in total. The summed E-state index contributed by atoms with van der Waals surface area (Å²) in [6, 6.07) is 18.2. The zero-order valence-electron chi connectivity index (χ0n) is 26.1. The number of nitrogens with zero attached hydrogens (tertiary/aromatic N) is 2. The van der Waals surface area contributed by atoms with E-state index in [1.165, 1.54) is 11.3 Å². The van der Waals surface area contributed by atoms with E-state index in [4.69, 9.17) is 30.5 Å². The first-order valence-corrected chi connectivity index (χ1v) is 17.2. The maximum Gasteiger partial charge on any atom is 0.338 e. The van der Waals surface area contributed by atoms with Gasteiger partial charge < -0.3 is 18.9 Å². The predicted octanol–water partition coefficient (Wildman–Crippen LogP) is 6.82. The highest BCUT2D eigenvalue weighted by Crippen LogP contribution is 2.38. The highest BCUT2D eigenvalue weighted by Gasteiger charge is 2.35. The van der Waals surface area contributed by atoms with Crippen LogP contribution < -0.4 is 29.1 Å². The Morgan fingerprint density at radius 3 is 2.50 bits per heavy atom. The van der Waals surface area contributed by atoms with Gasteiger partial charge in [-0.05, 0) is 105 Å².